The summed E-state index contributed by atoms with van der Waals surface area (Å²) in [5.74, 6) is -3.13. The van der Waals surface area contributed by atoms with Crippen LogP contribution in [0.25, 0.3) is 0 Å². The number of Topliss-reactive ketones (excluding diaryl/α,β-unsaturated/α-hetero) is 1. The summed E-state index contributed by atoms with van der Waals surface area (Å²) < 4.78 is 0. The number of hydrogen-bond acceptors (Lipinski definition) is 8. The molecule has 0 bridgehead atoms. The lowest BCUT2D eigenvalue weighted by molar-refractivity contribution is -0.143. The van der Waals surface area contributed by atoms with Gasteiger partial charge >= 0.3 is 0 Å². The quantitative estimate of drug-likeness (QED) is 0.235. The Morgan fingerprint density at radius 3 is 2.40 bits per heavy atom. The Morgan fingerprint density at radius 1 is 0.933 bits per heavy atom. The van der Waals surface area contributed by atoms with Gasteiger partial charge in [0.25, 0.3) is 11.8 Å². The van der Waals surface area contributed by atoms with Crippen LogP contribution in [-0.4, -0.2) is 87.4 Å². The topological polar surface area (TPSA) is 180 Å². The van der Waals surface area contributed by atoms with Gasteiger partial charge in [-0.1, -0.05) is 39.0 Å². The van der Waals surface area contributed by atoms with Crippen molar-refractivity contribution in [3.8, 4) is 0 Å². The molecule has 4 aliphatic rings. The highest BCUT2D eigenvalue weighted by Gasteiger charge is 2.50. The van der Waals surface area contributed by atoms with Crippen molar-refractivity contribution in [2.45, 2.75) is 108 Å². The lowest BCUT2D eigenvalue weighted by atomic mass is 9.83. The highest BCUT2D eigenvalue weighted by Crippen LogP contribution is 2.42. The van der Waals surface area contributed by atoms with Gasteiger partial charge in [-0.05, 0) is 62.7 Å². The molecule has 5 amide bonds. The summed E-state index contributed by atoms with van der Waals surface area (Å²) >= 11 is 0. The van der Waals surface area contributed by atoms with Gasteiger partial charge in [-0.15, -0.1) is 0 Å². The van der Waals surface area contributed by atoms with Gasteiger partial charge in [0.2, 0.25) is 23.5 Å². The van der Waals surface area contributed by atoms with Crippen molar-refractivity contribution in [3.05, 3.63) is 24.3 Å². The van der Waals surface area contributed by atoms with Crippen molar-refractivity contribution in [1.29, 1.82) is 0 Å². The van der Waals surface area contributed by atoms with Crippen LogP contribution in [0.1, 0.15) is 94.5 Å². The van der Waals surface area contributed by atoms with Gasteiger partial charge in [0.15, 0.2) is 0 Å². The van der Waals surface area contributed by atoms with Crippen LogP contribution in [0.15, 0.2) is 18.6 Å². The molecule has 5 atom stereocenters. The number of rotatable bonds is 13. The van der Waals surface area contributed by atoms with Crippen molar-refractivity contribution in [2.24, 2.45) is 17.8 Å². The molecule has 1 aliphatic heterocycles. The van der Waals surface area contributed by atoms with Gasteiger partial charge < -0.3 is 26.2 Å². The summed E-state index contributed by atoms with van der Waals surface area (Å²) in [6.45, 7) is 1.94. The highest BCUT2D eigenvalue weighted by molar-refractivity contribution is 6.38. The van der Waals surface area contributed by atoms with Gasteiger partial charge in [-0.25, -0.2) is 4.98 Å². The Balaban J connectivity index is 1.24. The maximum absolute atomic E-state index is 13.7. The molecule has 1 saturated heterocycles. The van der Waals surface area contributed by atoms with Crippen molar-refractivity contribution in [2.75, 3.05) is 13.1 Å². The fourth-order valence-electron chi connectivity index (χ4n) is 7.23. The van der Waals surface area contributed by atoms with Gasteiger partial charge in [0.05, 0.1) is 18.8 Å². The van der Waals surface area contributed by atoms with Crippen molar-refractivity contribution in [3.63, 3.8) is 0 Å². The third-order valence-corrected chi connectivity index (χ3v) is 9.73. The molecule has 2 heterocycles. The molecule has 0 unspecified atom stereocenters. The van der Waals surface area contributed by atoms with Gasteiger partial charge in [0.1, 0.15) is 17.8 Å². The summed E-state index contributed by atoms with van der Waals surface area (Å²) in [7, 11) is 0. The second-order valence-electron chi connectivity index (χ2n) is 13.0. The number of aromatic nitrogens is 2. The van der Waals surface area contributed by atoms with E-state index in [0.717, 1.165) is 64.2 Å². The summed E-state index contributed by atoms with van der Waals surface area (Å²) in [5.41, 5.74) is 0.101. The van der Waals surface area contributed by atoms with Gasteiger partial charge in [-0.2, -0.15) is 0 Å². The lowest BCUT2D eigenvalue weighted by Gasteiger charge is -2.31. The number of nitrogens with one attached hydrogen (secondary N) is 4. The SMILES string of the molecule is CCC[C@@H](NC(=O)[C@H]1[C@@H]2CCC[C@H]2CN1C(=O)CNC(=O)[C@H](NC(=O)c1cnccn1)C1CCCCC1)C(=O)C(=O)NC1CC1. The van der Waals surface area contributed by atoms with E-state index < -0.39 is 53.4 Å². The summed E-state index contributed by atoms with van der Waals surface area (Å²) in [5, 5.41) is 11.1. The molecule has 0 aromatic carbocycles. The fraction of sp³-hybridized carbons (Fsp3) is 0.688. The van der Waals surface area contributed by atoms with Crippen molar-refractivity contribution in [1.82, 2.24) is 36.1 Å². The molecular formula is C32H45N7O6. The molecule has 4 N–H and O–H groups in total. The second kappa shape index (κ2) is 14.9. The predicted octanol–water partition coefficient (Wildman–Crippen LogP) is 1.03. The third-order valence-electron chi connectivity index (χ3n) is 9.73. The van der Waals surface area contributed by atoms with Crippen LogP contribution in [0.2, 0.25) is 0 Å². The van der Waals surface area contributed by atoms with Crippen LogP contribution in [0.3, 0.4) is 0 Å². The fourth-order valence-corrected chi connectivity index (χ4v) is 7.23. The van der Waals surface area contributed by atoms with E-state index in [-0.39, 0.29) is 36.0 Å². The molecule has 1 aromatic heterocycles. The molecular weight excluding hydrogens is 578 g/mol. The largest absolute Gasteiger partial charge is 0.347 e. The molecule has 244 valence electrons. The Hall–Kier alpha value is -3.90. The maximum Gasteiger partial charge on any atom is 0.289 e. The zero-order valence-corrected chi connectivity index (χ0v) is 26.0. The van der Waals surface area contributed by atoms with E-state index in [9.17, 15) is 28.8 Å². The highest BCUT2D eigenvalue weighted by atomic mass is 16.2. The Morgan fingerprint density at radius 2 is 1.71 bits per heavy atom. The number of fused-ring (bicyclic) bond motifs is 1. The average Bonchev–Trinajstić information content (AvgIpc) is 3.62. The number of ketones is 1. The number of carbonyl (C=O) groups excluding carboxylic acids is 6. The van der Waals surface area contributed by atoms with Crippen LogP contribution in [0.5, 0.6) is 0 Å². The smallest absolute Gasteiger partial charge is 0.289 e. The molecule has 0 radical (unpaired) electrons. The number of likely N-dealkylation sites (tertiary alicyclic amines) is 1. The minimum Gasteiger partial charge on any atom is -0.347 e. The molecule has 13 heteroatoms. The zero-order valence-electron chi connectivity index (χ0n) is 26.0. The zero-order chi connectivity index (χ0) is 31.9. The number of amides is 5. The van der Waals surface area contributed by atoms with E-state index in [1.54, 1.807) is 0 Å². The van der Waals surface area contributed by atoms with E-state index in [1.165, 1.54) is 23.5 Å². The molecule has 3 saturated carbocycles. The number of nitrogens with zero attached hydrogens (tertiary/aromatic N) is 3. The van der Waals surface area contributed by atoms with Crippen LogP contribution in [0, 0.1) is 17.8 Å². The normalized spacial score (nSPS) is 24.2. The van der Waals surface area contributed by atoms with Gasteiger partial charge in [-0.3, -0.25) is 33.8 Å². The van der Waals surface area contributed by atoms with E-state index in [0.29, 0.717) is 19.4 Å². The van der Waals surface area contributed by atoms with E-state index in [2.05, 4.69) is 31.2 Å². The summed E-state index contributed by atoms with van der Waals surface area (Å²) in [4.78, 5) is 88.6. The standard InChI is InChI=1S/C32H45N7O6/c1-2-7-23(28(41)32(45)36-21-12-13-21)37-31(44)27-22-11-6-10-20(22)18-39(27)25(40)17-35-30(43)26(19-8-4-3-5-9-19)38-29(42)24-16-33-14-15-34-24/h14-16,19-23,26-27H,2-13,17-18H2,1H3,(H,35,43)(H,36,45)(H,37,44)(H,38,42)/t20-,22+,23+,26+,27+/m0/s1. The van der Waals surface area contributed by atoms with Crippen molar-refractivity contribution < 1.29 is 28.8 Å². The predicted molar refractivity (Wildman–Crippen MR) is 162 cm³/mol. The third kappa shape index (κ3) is 8.04. The molecule has 1 aromatic rings. The Labute approximate surface area is 263 Å². The first-order chi connectivity index (χ1) is 21.8. The molecule has 45 heavy (non-hydrogen) atoms. The van der Waals surface area contributed by atoms with Crippen LogP contribution in [0.4, 0.5) is 0 Å². The van der Waals surface area contributed by atoms with Crippen LogP contribution < -0.4 is 21.3 Å². The minimum atomic E-state index is -0.965. The Kier molecular flexibility index (Phi) is 10.8. The monoisotopic (exact) mass is 623 g/mol. The second-order valence-corrected chi connectivity index (χ2v) is 13.0. The van der Waals surface area contributed by atoms with E-state index in [1.807, 2.05) is 6.92 Å². The molecule has 13 nitrogen and oxygen atoms in total. The average molecular weight is 624 g/mol. The van der Waals surface area contributed by atoms with E-state index in [4.69, 9.17) is 0 Å². The molecule has 0 spiro atoms. The first kappa shape index (κ1) is 32.5. The van der Waals surface area contributed by atoms with Gasteiger partial charge in [0, 0.05) is 25.0 Å². The minimum absolute atomic E-state index is 0.0230. The van der Waals surface area contributed by atoms with Crippen LogP contribution >= 0.6 is 0 Å². The molecule has 3 aliphatic carbocycles. The first-order valence-electron chi connectivity index (χ1n) is 16.6. The number of carbonyl (C=O) groups is 6. The molecule has 5 rings (SSSR count). The van der Waals surface area contributed by atoms with E-state index >= 15 is 0 Å². The molecule has 4 fully saturated rings. The van der Waals surface area contributed by atoms with Crippen LogP contribution in [-0.2, 0) is 24.0 Å². The summed E-state index contributed by atoms with van der Waals surface area (Å²) in [6.07, 6.45) is 14.0. The first-order valence-corrected chi connectivity index (χ1v) is 16.6. The lowest BCUT2D eigenvalue weighted by Crippen LogP contribution is -2.56. The summed E-state index contributed by atoms with van der Waals surface area (Å²) in [6, 6.07) is -2.57. The maximum atomic E-state index is 13.7. The number of hydrogen-bond donors (Lipinski definition) is 4. The Bertz CT molecular complexity index is 1270. The van der Waals surface area contributed by atoms with Crippen molar-refractivity contribution >= 4 is 35.3 Å².